The molecule has 190 valence electrons. The highest BCUT2D eigenvalue weighted by atomic mass is 32.2. The Balaban J connectivity index is 1.47. The van der Waals surface area contributed by atoms with Gasteiger partial charge in [-0.1, -0.05) is 36.0 Å². The average Bonchev–Trinajstić information content (AvgIpc) is 3.29. The van der Waals surface area contributed by atoms with E-state index in [2.05, 4.69) is 20.8 Å². The van der Waals surface area contributed by atoms with Crippen molar-refractivity contribution >= 4 is 34.7 Å². The minimum atomic E-state index is -4.46. The van der Waals surface area contributed by atoms with E-state index in [0.717, 1.165) is 23.9 Å². The SMILES string of the molecule is O=C(CSc1nnc(CNc2cccc(C(F)(F)F)c2)n1-c1ccccc1)Nc1ccc([N+](=O)[O-])cc1. The molecule has 0 aliphatic rings. The number of nitrogens with one attached hydrogen (secondary N) is 2. The molecule has 0 aliphatic carbocycles. The summed E-state index contributed by atoms with van der Waals surface area (Å²) in [6, 6.07) is 19.4. The van der Waals surface area contributed by atoms with Crippen molar-refractivity contribution in [3.05, 3.63) is 100 Å². The molecule has 37 heavy (non-hydrogen) atoms. The Morgan fingerprint density at radius 1 is 0.973 bits per heavy atom. The number of nitro benzene ring substituents is 1. The standard InChI is InChI=1S/C24H19F3N6O3S/c25-24(26,27)16-5-4-6-18(13-16)28-14-21-30-31-23(32(21)19-7-2-1-3-8-19)37-15-22(34)29-17-9-11-20(12-10-17)33(35)36/h1-13,28H,14-15H2,(H,29,34). The molecule has 0 saturated carbocycles. The van der Waals surface area contributed by atoms with Gasteiger partial charge in [-0.05, 0) is 42.5 Å². The van der Waals surface area contributed by atoms with E-state index in [9.17, 15) is 28.1 Å². The number of para-hydroxylation sites is 1. The maximum atomic E-state index is 13.0. The number of anilines is 2. The van der Waals surface area contributed by atoms with Crippen LogP contribution in [0.4, 0.5) is 30.2 Å². The number of amides is 1. The molecule has 4 rings (SSSR count). The van der Waals surface area contributed by atoms with Gasteiger partial charge in [0, 0.05) is 29.2 Å². The fourth-order valence-electron chi connectivity index (χ4n) is 3.32. The van der Waals surface area contributed by atoms with Gasteiger partial charge in [-0.15, -0.1) is 10.2 Å². The molecule has 0 atom stereocenters. The predicted molar refractivity (Wildman–Crippen MR) is 133 cm³/mol. The smallest absolute Gasteiger partial charge is 0.378 e. The summed E-state index contributed by atoms with van der Waals surface area (Å²) in [5.41, 5.74) is 0.541. The van der Waals surface area contributed by atoms with Crippen LogP contribution in [0.2, 0.25) is 0 Å². The number of carbonyl (C=O) groups is 1. The van der Waals surface area contributed by atoms with E-state index in [1.165, 1.54) is 36.4 Å². The van der Waals surface area contributed by atoms with Crippen LogP contribution in [0, 0.1) is 10.1 Å². The fourth-order valence-corrected chi connectivity index (χ4v) is 4.10. The van der Waals surface area contributed by atoms with Gasteiger partial charge in [-0.2, -0.15) is 13.2 Å². The summed E-state index contributed by atoms with van der Waals surface area (Å²) >= 11 is 1.12. The molecule has 2 N–H and O–H groups in total. The highest BCUT2D eigenvalue weighted by Crippen LogP contribution is 2.31. The van der Waals surface area contributed by atoms with Crippen molar-refractivity contribution in [1.29, 1.82) is 0 Å². The number of thioether (sulfide) groups is 1. The average molecular weight is 529 g/mol. The Bertz CT molecular complexity index is 1400. The Labute approximate surface area is 212 Å². The van der Waals surface area contributed by atoms with Gasteiger partial charge in [-0.3, -0.25) is 19.5 Å². The maximum Gasteiger partial charge on any atom is 0.416 e. The summed E-state index contributed by atoms with van der Waals surface area (Å²) in [7, 11) is 0. The molecule has 0 saturated heterocycles. The van der Waals surface area contributed by atoms with Crippen LogP contribution in [0.5, 0.6) is 0 Å². The molecule has 1 amide bonds. The molecule has 0 fully saturated rings. The van der Waals surface area contributed by atoms with E-state index in [1.54, 1.807) is 4.57 Å². The number of benzene rings is 3. The molecular weight excluding hydrogens is 509 g/mol. The zero-order valence-electron chi connectivity index (χ0n) is 19.0. The lowest BCUT2D eigenvalue weighted by Gasteiger charge is -2.13. The van der Waals surface area contributed by atoms with Crippen molar-refractivity contribution in [2.45, 2.75) is 17.9 Å². The monoisotopic (exact) mass is 528 g/mol. The van der Waals surface area contributed by atoms with Gasteiger partial charge < -0.3 is 10.6 Å². The van der Waals surface area contributed by atoms with Crippen molar-refractivity contribution in [3.63, 3.8) is 0 Å². The molecule has 1 aromatic heterocycles. The first-order chi connectivity index (χ1) is 17.7. The quantitative estimate of drug-likeness (QED) is 0.167. The van der Waals surface area contributed by atoms with Crippen molar-refractivity contribution < 1.29 is 22.9 Å². The predicted octanol–water partition coefficient (Wildman–Crippen LogP) is 5.54. The van der Waals surface area contributed by atoms with Crippen molar-refractivity contribution in [1.82, 2.24) is 14.8 Å². The zero-order valence-corrected chi connectivity index (χ0v) is 19.8. The van der Waals surface area contributed by atoms with Crippen LogP contribution in [0.3, 0.4) is 0 Å². The second kappa shape index (κ2) is 11.1. The van der Waals surface area contributed by atoms with Crippen molar-refractivity contribution in [2.24, 2.45) is 0 Å². The topological polar surface area (TPSA) is 115 Å². The van der Waals surface area contributed by atoms with Crippen molar-refractivity contribution in [2.75, 3.05) is 16.4 Å². The molecule has 9 nitrogen and oxygen atoms in total. The van der Waals surface area contributed by atoms with Crippen LogP contribution in [0.25, 0.3) is 5.69 Å². The summed E-state index contributed by atoms with van der Waals surface area (Å²) in [6.07, 6.45) is -4.46. The first-order valence-corrected chi connectivity index (χ1v) is 11.8. The zero-order chi connectivity index (χ0) is 26.4. The number of hydrogen-bond acceptors (Lipinski definition) is 7. The molecule has 13 heteroatoms. The highest BCUT2D eigenvalue weighted by molar-refractivity contribution is 7.99. The summed E-state index contributed by atoms with van der Waals surface area (Å²) < 4.78 is 40.8. The Kier molecular flexibility index (Phi) is 7.72. The summed E-state index contributed by atoms with van der Waals surface area (Å²) in [6.45, 7) is 0.0821. The van der Waals surface area contributed by atoms with Crippen LogP contribution >= 0.6 is 11.8 Å². The normalized spacial score (nSPS) is 11.2. The minimum absolute atomic E-state index is 0.0248. The molecule has 0 aliphatic heterocycles. The van der Waals surface area contributed by atoms with Gasteiger partial charge in [0.25, 0.3) is 5.69 Å². The summed E-state index contributed by atoms with van der Waals surface area (Å²) in [5.74, 6) is 0.0511. The Hall–Kier alpha value is -4.39. The number of aromatic nitrogens is 3. The molecule has 0 radical (unpaired) electrons. The van der Waals surface area contributed by atoms with Crippen LogP contribution in [0.15, 0.2) is 84.0 Å². The van der Waals surface area contributed by atoms with Crippen LogP contribution in [0.1, 0.15) is 11.4 Å². The number of non-ortho nitro benzene ring substituents is 1. The number of nitrogens with zero attached hydrogens (tertiary/aromatic N) is 4. The second-order valence-corrected chi connectivity index (χ2v) is 8.59. The largest absolute Gasteiger partial charge is 0.416 e. The third kappa shape index (κ3) is 6.64. The van der Waals surface area contributed by atoms with E-state index in [-0.39, 0.29) is 29.6 Å². The Morgan fingerprint density at radius 2 is 1.70 bits per heavy atom. The van der Waals surface area contributed by atoms with Gasteiger partial charge in [0.05, 0.1) is 22.8 Å². The lowest BCUT2D eigenvalue weighted by atomic mass is 10.2. The van der Waals surface area contributed by atoms with E-state index >= 15 is 0 Å². The van der Waals surface area contributed by atoms with Crippen molar-refractivity contribution in [3.8, 4) is 5.69 Å². The molecular formula is C24H19F3N6O3S. The number of hydrogen-bond donors (Lipinski definition) is 2. The number of nitro groups is 1. The first-order valence-electron chi connectivity index (χ1n) is 10.8. The van der Waals surface area contributed by atoms with Gasteiger partial charge >= 0.3 is 6.18 Å². The fraction of sp³-hybridized carbons (Fsp3) is 0.125. The number of halogens is 3. The van der Waals surface area contributed by atoms with Crippen LogP contribution in [-0.2, 0) is 17.5 Å². The van der Waals surface area contributed by atoms with Crippen LogP contribution in [-0.4, -0.2) is 31.3 Å². The lowest BCUT2D eigenvalue weighted by Crippen LogP contribution is -2.15. The van der Waals surface area contributed by atoms with Gasteiger partial charge in [0.2, 0.25) is 5.91 Å². The van der Waals surface area contributed by atoms with E-state index in [1.807, 2.05) is 30.3 Å². The summed E-state index contributed by atoms with van der Waals surface area (Å²) in [5, 5.41) is 25.1. The number of alkyl halides is 3. The van der Waals surface area contributed by atoms with Gasteiger partial charge in [-0.25, -0.2) is 0 Å². The molecule has 1 heterocycles. The molecule has 4 aromatic rings. The van der Waals surface area contributed by atoms with E-state index < -0.39 is 16.7 Å². The molecule has 0 unspecified atom stereocenters. The second-order valence-electron chi connectivity index (χ2n) is 7.64. The highest BCUT2D eigenvalue weighted by Gasteiger charge is 2.30. The lowest BCUT2D eigenvalue weighted by molar-refractivity contribution is -0.384. The molecule has 3 aromatic carbocycles. The summed E-state index contributed by atoms with van der Waals surface area (Å²) in [4.78, 5) is 22.7. The van der Waals surface area contributed by atoms with Gasteiger partial charge in [0.1, 0.15) is 0 Å². The number of rotatable bonds is 9. The first kappa shape index (κ1) is 25.7. The maximum absolute atomic E-state index is 13.0. The van der Waals surface area contributed by atoms with Crippen LogP contribution < -0.4 is 10.6 Å². The molecule has 0 spiro atoms. The number of carbonyl (C=O) groups excluding carboxylic acids is 1. The third-order valence-corrected chi connectivity index (χ3v) is 5.98. The Morgan fingerprint density at radius 3 is 2.38 bits per heavy atom. The minimum Gasteiger partial charge on any atom is -0.378 e. The van der Waals surface area contributed by atoms with E-state index in [4.69, 9.17) is 0 Å². The van der Waals surface area contributed by atoms with Gasteiger partial charge in [0.15, 0.2) is 11.0 Å². The third-order valence-electron chi connectivity index (χ3n) is 5.05. The molecule has 0 bridgehead atoms. The van der Waals surface area contributed by atoms with E-state index in [0.29, 0.717) is 22.4 Å².